The Morgan fingerprint density at radius 1 is 0.683 bits per heavy atom. The van der Waals surface area contributed by atoms with Crippen LogP contribution < -0.4 is 4.90 Å². The molecule has 2 heterocycles. The molecule has 4 rings (SSSR count). The van der Waals surface area contributed by atoms with Crippen LogP contribution in [0.1, 0.15) is 78.7 Å². The number of nitriles is 1. The number of pyridine rings is 2. The number of benzene rings is 2. The van der Waals surface area contributed by atoms with Crippen molar-refractivity contribution in [3.05, 3.63) is 112 Å². The molecule has 2 aromatic heterocycles. The fourth-order valence-electron chi connectivity index (χ4n) is 4.72. The fourth-order valence-corrected chi connectivity index (χ4v) is 4.72. The van der Waals surface area contributed by atoms with Gasteiger partial charge in [-0.05, 0) is 97.5 Å². The molecule has 208 valence electrons. The van der Waals surface area contributed by atoms with E-state index in [2.05, 4.69) is 87.2 Å². The van der Waals surface area contributed by atoms with Crippen molar-refractivity contribution in [3.63, 3.8) is 0 Å². The molecule has 4 heteroatoms. The van der Waals surface area contributed by atoms with Crippen LogP contribution in [-0.4, -0.2) is 23.1 Å². The number of unbranched alkanes of at least 4 members (excludes halogenated alkanes) is 2. The van der Waals surface area contributed by atoms with E-state index >= 15 is 0 Å². The first-order valence-electron chi connectivity index (χ1n) is 14.7. The number of anilines is 1. The summed E-state index contributed by atoms with van der Waals surface area (Å²) < 4.78 is 0. The van der Waals surface area contributed by atoms with Gasteiger partial charge in [0.25, 0.3) is 0 Å². The zero-order valence-electron chi connectivity index (χ0n) is 24.8. The summed E-state index contributed by atoms with van der Waals surface area (Å²) in [5.41, 5.74) is 10.4. The van der Waals surface area contributed by atoms with Gasteiger partial charge in [0.15, 0.2) is 0 Å². The lowest BCUT2D eigenvalue weighted by atomic mass is 10.0. The van der Waals surface area contributed by atoms with Crippen LogP contribution in [-0.2, 0) is 0 Å². The van der Waals surface area contributed by atoms with Gasteiger partial charge in [0.05, 0.1) is 23.0 Å². The van der Waals surface area contributed by atoms with Crippen LogP contribution in [0.4, 0.5) is 5.69 Å². The van der Waals surface area contributed by atoms with Crippen LogP contribution in [0.25, 0.3) is 35.4 Å². The molecular weight excluding hydrogens is 500 g/mol. The van der Waals surface area contributed by atoms with Crippen molar-refractivity contribution >= 4 is 30.0 Å². The highest BCUT2D eigenvalue weighted by Gasteiger charge is 2.07. The van der Waals surface area contributed by atoms with E-state index < -0.39 is 0 Å². The molecule has 0 atom stereocenters. The van der Waals surface area contributed by atoms with E-state index in [1.165, 1.54) is 36.9 Å². The van der Waals surface area contributed by atoms with Gasteiger partial charge in [0.1, 0.15) is 0 Å². The summed E-state index contributed by atoms with van der Waals surface area (Å²) in [6.45, 7) is 10.9. The second-order valence-electron chi connectivity index (χ2n) is 10.5. The van der Waals surface area contributed by atoms with Gasteiger partial charge < -0.3 is 4.90 Å². The summed E-state index contributed by atoms with van der Waals surface area (Å²) in [5, 5.41) is 8.98. The van der Waals surface area contributed by atoms with E-state index in [0.29, 0.717) is 5.56 Å². The lowest BCUT2D eigenvalue weighted by Crippen LogP contribution is -2.25. The predicted molar refractivity (Wildman–Crippen MR) is 174 cm³/mol. The van der Waals surface area contributed by atoms with Crippen LogP contribution in [0.2, 0.25) is 0 Å². The molecule has 0 aliphatic carbocycles. The maximum Gasteiger partial charge on any atom is 0.0991 e. The monoisotopic (exact) mass is 540 g/mol. The highest BCUT2D eigenvalue weighted by molar-refractivity contribution is 5.74. The molecule has 0 spiro atoms. The van der Waals surface area contributed by atoms with Crippen LogP contribution in [0, 0.1) is 25.2 Å². The van der Waals surface area contributed by atoms with E-state index in [1.54, 1.807) is 0 Å². The maximum absolute atomic E-state index is 8.98. The molecule has 0 radical (unpaired) electrons. The minimum atomic E-state index is 0.660. The molecule has 2 aromatic carbocycles. The largest absolute Gasteiger partial charge is 0.372 e. The molecule has 0 amide bonds. The first kappa shape index (κ1) is 29.5. The van der Waals surface area contributed by atoms with Gasteiger partial charge in [-0.15, -0.1) is 0 Å². The molecule has 0 saturated heterocycles. The van der Waals surface area contributed by atoms with Crippen molar-refractivity contribution in [2.45, 2.75) is 53.4 Å². The highest BCUT2D eigenvalue weighted by Crippen LogP contribution is 2.24. The second-order valence-corrected chi connectivity index (χ2v) is 10.5. The number of aryl methyl sites for hydroxylation is 2. The molecule has 41 heavy (non-hydrogen) atoms. The summed E-state index contributed by atoms with van der Waals surface area (Å²) in [7, 11) is 0. The molecule has 0 unspecified atom stereocenters. The SMILES string of the molecule is CCCCN(CCCC)c1ccc(/C=C/c2ncc(-c3cnc(/C=C/c4ccc(C#N)cc4)c(C)c3)cc2C)cc1. The molecular formula is C37H40N4. The van der Waals surface area contributed by atoms with E-state index in [0.717, 1.165) is 52.3 Å². The van der Waals surface area contributed by atoms with Crippen LogP contribution in [0.5, 0.6) is 0 Å². The van der Waals surface area contributed by atoms with Gasteiger partial charge >= 0.3 is 0 Å². The Balaban J connectivity index is 1.43. The van der Waals surface area contributed by atoms with Gasteiger partial charge in [0.2, 0.25) is 0 Å². The van der Waals surface area contributed by atoms with Crippen molar-refractivity contribution in [3.8, 4) is 17.2 Å². The smallest absolute Gasteiger partial charge is 0.0991 e. The van der Waals surface area contributed by atoms with Gasteiger partial charge in [-0.2, -0.15) is 5.26 Å². The summed E-state index contributed by atoms with van der Waals surface area (Å²) in [4.78, 5) is 12.0. The Hall–Kier alpha value is -4.49. The Morgan fingerprint density at radius 2 is 1.15 bits per heavy atom. The van der Waals surface area contributed by atoms with Gasteiger partial charge in [-0.25, -0.2) is 0 Å². The Kier molecular flexibility index (Phi) is 10.6. The average Bonchev–Trinajstić information content (AvgIpc) is 3.00. The standard InChI is InChI=1S/C37H40N4/c1-5-7-21-41(22-8-6-2)35-17-13-31(14-18-35)16-20-37-29(4)24-34(27-40-37)33-23-28(3)36(39-26-33)19-15-30-9-11-32(25-38)12-10-30/h9-20,23-24,26-27H,5-8,21-22H2,1-4H3/b19-15+,20-16+. The van der Waals surface area contributed by atoms with Crippen LogP contribution in [0.3, 0.4) is 0 Å². The molecule has 4 aromatic rings. The zero-order valence-corrected chi connectivity index (χ0v) is 24.8. The minimum absolute atomic E-state index is 0.660. The van der Waals surface area contributed by atoms with Gasteiger partial charge in [-0.3, -0.25) is 9.97 Å². The van der Waals surface area contributed by atoms with Crippen molar-refractivity contribution in [1.82, 2.24) is 9.97 Å². The van der Waals surface area contributed by atoms with Crippen molar-refractivity contribution < 1.29 is 0 Å². The Morgan fingerprint density at radius 3 is 1.56 bits per heavy atom. The Labute approximate surface area is 245 Å². The molecule has 0 N–H and O–H groups in total. The first-order valence-corrected chi connectivity index (χ1v) is 14.7. The number of rotatable bonds is 12. The van der Waals surface area contributed by atoms with E-state index in [9.17, 15) is 0 Å². The normalized spacial score (nSPS) is 11.3. The topological polar surface area (TPSA) is 52.8 Å². The molecule has 0 fully saturated rings. The molecule has 4 nitrogen and oxygen atoms in total. The number of hydrogen-bond donors (Lipinski definition) is 0. The third kappa shape index (κ3) is 8.25. The minimum Gasteiger partial charge on any atom is -0.372 e. The zero-order chi connectivity index (χ0) is 29.0. The fraction of sp³-hybridized carbons (Fsp3) is 0.270. The molecule has 0 aliphatic rings. The predicted octanol–water partition coefficient (Wildman–Crippen LogP) is 9.38. The quantitative estimate of drug-likeness (QED) is 0.180. The van der Waals surface area contributed by atoms with Crippen LogP contribution >= 0.6 is 0 Å². The molecule has 0 bridgehead atoms. The Bertz CT molecular complexity index is 1520. The number of aromatic nitrogens is 2. The lowest BCUT2D eigenvalue weighted by Gasteiger charge is -2.24. The highest BCUT2D eigenvalue weighted by atomic mass is 15.1. The first-order chi connectivity index (χ1) is 20.0. The third-order valence-electron chi connectivity index (χ3n) is 7.30. The molecule has 0 saturated carbocycles. The summed E-state index contributed by atoms with van der Waals surface area (Å²) in [5.74, 6) is 0. The second kappa shape index (κ2) is 14.8. The van der Waals surface area contributed by atoms with E-state index in [1.807, 2.05) is 48.8 Å². The third-order valence-corrected chi connectivity index (χ3v) is 7.30. The number of nitrogens with zero attached hydrogens (tertiary/aromatic N) is 4. The summed E-state index contributed by atoms with van der Waals surface area (Å²) in [6.07, 6.45) is 17.0. The summed E-state index contributed by atoms with van der Waals surface area (Å²) >= 11 is 0. The van der Waals surface area contributed by atoms with Crippen molar-refractivity contribution in [2.75, 3.05) is 18.0 Å². The van der Waals surface area contributed by atoms with Crippen molar-refractivity contribution in [1.29, 1.82) is 5.26 Å². The van der Waals surface area contributed by atoms with Crippen LogP contribution in [0.15, 0.2) is 73.1 Å². The van der Waals surface area contributed by atoms with E-state index in [4.69, 9.17) is 15.2 Å². The maximum atomic E-state index is 8.98. The van der Waals surface area contributed by atoms with Gasteiger partial charge in [-0.1, -0.05) is 63.1 Å². The summed E-state index contributed by atoms with van der Waals surface area (Å²) in [6, 6.07) is 22.9. The van der Waals surface area contributed by atoms with Crippen molar-refractivity contribution in [2.24, 2.45) is 0 Å². The van der Waals surface area contributed by atoms with E-state index in [-0.39, 0.29) is 0 Å². The lowest BCUT2D eigenvalue weighted by molar-refractivity contribution is 0.678. The average molecular weight is 541 g/mol. The van der Waals surface area contributed by atoms with Gasteiger partial charge in [0, 0.05) is 42.3 Å². The molecule has 0 aliphatic heterocycles. The number of hydrogen-bond acceptors (Lipinski definition) is 4.